The molecule has 3 rings (SSSR count). The van der Waals surface area contributed by atoms with Gasteiger partial charge in [0.25, 0.3) is 0 Å². The Morgan fingerprint density at radius 2 is 1.92 bits per heavy atom. The van der Waals surface area contributed by atoms with Crippen molar-refractivity contribution in [2.45, 2.75) is 37.3 Å². The van der Waals surface area contributed by atoms with Gasteiger partial charge in [0.2, 0.25) is 5.91 Å². The summed E-state index contributed by atoms with van der Waals surface area (Å²) in [4.78, 5) is 24.8. The summed E-state index contributed by atoms with van der Waals surface area (Å²) in [5, 5.41) is 7.77. The van der Waals surface area contributed by atoms with Gasteiger partial charge in [0.15, 0.2) is 0 Å². The molecule has 1 aromatic heterocycles. The first-order valence-electron chi connectivity index (χ1n) is 8.05. The molecule has 1 aliphatic rings. The monoisotopic (exact) mass is 343 g/mol. The maximum atomic E-state index is 12.6. The van der Waals surface area contributed by atoms with Crippen molar-refractivity contribution in [2.75, 3.05) is 0 Å². The van der Waals surface area contributed by atoms with E-state index in [0.717, 1.165) is 29.7 Å². The standard InChI is InChI=1S/C18H21N3O2S/c19-17(23)20-14(15-8-4-11-24-15)12-16(22)21-18(9-5-10-18)13-6-2-1-3-7-13/h1-4,6-8,11,14H,5,9-10,12H2,(H,21,22)(H3,19,20,23)/t14-/m0/s1. The lowest BCUT2D eigenvalue weighted by Crippen LogP contribution is -2.51. The highest BCUT2D eigenvalue weighted by atomic mass is 32.1. The molecule has 24 heavy (non-hydrogen) atoms. The molecular formula is C18H21N3O2S. The number of carbonyl (C=O) groups excluding carboxylic acids is 2. The topological polar surface area (TPSA) is 84.2 Å². The van der Waals surface area contributed by atoms with Crippen LogP contribution in [0.3, 0.4) is 0 Å². The number of hydrogen-bond donors (Lipinski definition) is 3. The molecule has 1 aliphatic carbocycles. The minimum atomic E-state index is -0.623. The van der Waals surface area contributed by atoms with Crippen LogP contribution in [0.15, 0.2) is 47.8 Å². The SMILES string of the molecule is NC(=O)N[C@@H](CC(=O)NC1(c2ccccc2)CCC1)c1cccs1. The Labute approximate surface area is 145 Å². The second kappa shape index (κ2) is 7.05. The number of rotatable bonds is 6. The highest BCUT2D eigenvalue weighted by Gasteiger charge is 2.40. The fourth-order valence-electron chi connectivity index (χ4n) is 3.16. The number of hydrogen-bond acceptors (Lipinski definition) is 3. The van der Waals surface area contributed by atoms with Gasteiger partial charge in [-0.1, -0.05) is 36.4 Å². The summed E-state index contributed by atoms with van der Waals surface area (Å²) in [6, 6.07) is 12.8. The molecule has 1 heterocycles. The third-order valence-corrected chi connectivity index (χ3v) is 5.49. The lowest BCUT2D eigenvalue weighted by molar-refractivity contribution is -0.124. The Morgan fingerprint density at radius 1 is 1.17 bits per heavy atom. The van der Waals surface area contributed by atoms with E-state index in [1.165, 1.54) is 11.3 Å². The molecule has 0 bridgehead atoms. The molecule has 6 heteroatoms. The van der Waals surface area contributed by atoms with Gasteiger partial charge in [0.05, 0.1) is 18.0 Å². The van der Waals surface area contributed by atoms with Crippen molar-refractivity contribution < 1.29 is 9.59 Å². The van der Waals surface area contributed by atoms with Crippen LogP contribution < -0.4 is 16.4 Å². The summed E-state index contributed by atoms with van der Waals surface area (Å²) < 4.78 is 0. The average molecular weight is 343 g/mol. The molecule has 0 spiro atoms. The summed E-state index contributed by atoms with van der Waals surface area (Å²) in [7, 11) is 0. The van der Waals surface area contributed by atoms with E-state index < -0.39 is 12.1 Å². The molecule has 0 aliphatic heterocycles. The van der Waals surface area contributed by atoms with E-state index in [-0.39, 0.29) is 17.9 Å². The zero-order valence-corrected chi connectivity index (χ0v) is 14.1. The molecule has 1 aromatic carbocycles. The van der Waals surface area contributed by atoms with Crippen molar-refractivity contribution in [3.05, 3.63) is 58.3 Å². The second-order valence-corrected chi connectivity index (χ2v) is 7.11. The molecule has 3 amide bonds. The number of carbonyl (C=O) groups is 2. The molecule has 1 atom stereocenters. The number of primary amides is 1. The van der Waals surface area contributed by atoms with Gasteiger partial charge < -0.3 is 16.4 Å². The molecule has 5 nitrogen and oxygen atoms in total. The van der Waals surface area contributed by atoms with Crippen LogP contribution in [0.2, 0.25) is 0 Å². The summed E-state index contributed by atoms with van der Waals surface area (Å²) in [5.41, 5.74) is 6.12. The molecule has 4 N–H and O–H groups in total. The molecule has 1 fully saturated rings. The van der Waals surface area contributed by atoms with Gasteiger partial charge in [-0.3, -0.25) is 4.79 Å². The van der Waals surface area contributed by atoms with E-state index in [1.807, 2.05) is 35.7 Å². The van der Waals surface area contributed by atoms with Crippen LogP contribution in [0.25, 0.3) is 0 Å². The second-order valence-electron chi connectivity index (χ2n) is 6.13. The van der Waals surface area contributed by atoms with Gasteiger partial charge in [0, 0.05) is 4.88 Å². The largest absolute Gasteiger partial charge is 0.352 e. The van der Waals surface area contributed by atoms with Crippen molar-refractivity contribution in [1.29, 1.82) is 0 Å². The van der Waals surface area contributed by atoms with Crippen LogP contribution in [0, 0.1) is 0 Å². The summed E-state index contributed by atoms with van der Waals surface area (Å²) in [6.45, 7) is 0. The Kier molecular flexibility index (Phi) is 4.85. The molecule has 0 saturated heterocycles. The maximum absolute atomic E-state index is 12.6. The van der Waals surface area contributed by atoms with E-state index in [2.05, 4.69) is 22.8 Å². The minimum absolute atomic E-state index is 0.0781. The molecule has 126 valence electrons. The Balaban J connectivity index is 1.70. The van der Waals surface area contributed by atoms with E-state index in [1.54, 1.807) is 0 Å². The number of benzene rings is 1. The lowest BCUT2D eigenvalue weighted by Gasteiger charge is -2.43. The predicted octanol–water partition coefficient (Wildman–Crippen LogP) is 3.04. The third-order valence-electron chi connectivity index (χ3n) is 4.50. The summed E-state index contributed by atoms with van der Waals surface area (Å²) >= 11 is 1.50. The number of nitrogens with one attached hydrogen (secondary N) is 2. The van der Waals surface area contributed by atoms with Crippen LogP contribution in [-0.2, 0) is 10.3 Å². The van der Waals surface area contributed by atoms with Gasteiger partial charge in [-0.15, -0.1) is 11.3 Å². The first kappa shape index (κ1) is 16.5. The smallest absolute Gasteiger partial charge is 0.312 e. The predicted molar refractivity (Wildman–Crippen MR) is 94.5 cm³/mol. The van der Waals surface area contributed by atoms with Gasteiger partial charge in [-0.25, -0.2) is 4.79 Å². The summed E-state index contributed by atoms with van der Waals surface area (Å²) in [5.74, 6) is -0.0781. The van der Waals surface area contributed by atoms with Gasteiger partial charge in [-0.05, 0) is 36.3 Å². The van der Waals surface area contributed by atoms with Crippen LogP contribution in [0.4, 0.5) is 4.79 Å². The summed E-state index contributed by atoms with van der Waals surface area (Å²) in [6.07, 6.45) is 3.16. The van der Waals surface area contributed by atoms with Crippen molar-refractivity contribution in [1.82, 2.24) is 10.6 Å². The van der Waals surface area contributed by atoms with E-state index in [4.69, 9.17) is 5.73 Å². The normalized spacial score (nSPS) is 16.7. The Hall–Kier alpha value is -2.34. The van der Waals surface area contributed by atoms with E-state index >= 15 is 0 Å². The fraction of sp³-hybridized carbons (Fsp3) is 0.333. The zero-order chi connectivity index (χ0) is 17.0. The highest BCUT2D eigenvalue weighted by Crippen LogP contribution is 2.41. The quantitative estimate of drug-likeness (QED) is 0.753. The van der Waals surface area contributed by atoms with Crippen LogP contribution in [-0.4, -0.2) is 11.9 Å². The molecule has 2 aromatic rings. The van der Waals surface area contributed by atoms with E-state index in [0.29, 0.717) is 0 Å². The Bertz CT molecular complexity index is 696. The third kappa shape index (κ3) is 3.59. The van der Waals surface area contributed by atoms with Crippen molar-refractivity contribution >= 4 is 23.3 Å². The zero-order valence-electron chi connectivity index (χ0n) is 13.3. The number of thiophene rings is 1. The van der Waals surface area contributed by atoms with Gasteiger partial charge in [-0.2, -0.15) is 0 Å². The molecular weight excluding hydrogens is 322 g/mol. The van der Waals surface area contributed by atoms with E-state index in [9.17, 15) is 9.59 Å². The highest BCUT2D eigenvalue weighted by molar-refractivity contribution is 7.10. The lowest BCUT2D eigenvalue weighted by atomic mass is 9.71. The minimum Gasteiger partial charge on any atom is -0.352 e. The van der Waals surface area contributed by atoms with Crippen molar-refractivity contribution in [3.8, 4) is 0 Å². The number of urea groups is 1. The Morgan fingerprint density at radius 3 is 2.46 bits per heavy atom. The fourth-order valence-corrected chi connectivity index (χ4v) is 3.94. The van der Waals surface area contributed by atoms with Crippen LogP contribution in [0.5, 0.6) is 0 Å². The molecule has 0 unspecified atom stereocenters. The number of nitrogens with two attached hydrogens (primary N) is 1. The average Bonchev–Trinajstić information content (AvgIpc) is 3.05. The first-order chi connectivity index (χ1) is 11.6. The number of amides is 3. The van der Waals surface area contributed by atoms with Crippen molar-refractivity contribution in [2.24, 2.45) is 5.73 Å². The van der Waals surface area contributed by atoms with Gasteiger partial charge in [0.1, 0.15) is 0 Å². The van der Waals surface area contributed by atoms with Gasteiger partial charge >= 0.3 is 6.03 Å². The van der Waals surface area contributed by atoms with Crippen LogP contribution >= 0.6 is 11.3 Å². The van der Waals surface area contributed by atoms with Crippen LogP contribution in [0.1, 0.15) is 42.2 Å². The molecule has 0 radical (unpaired) electrons. The van der Waals surface area contributed by atoms with Crippen molar-refractivity contribution in [3.63, 3.8) is 0 Å². The molecule has 1 saturated carbocycles. The maximum Gasteiger partial charge on any atom is 0.312 e. The first-order valence-corrected chi connectivity index (χ1v) is 8.93.